The molecule has 93 heavy (non-hydrogen) atoms. The number of nitrogens with one attached hydrogen (secondary N) is 3. The SMILES string of the molecule is COc1cc(N=Nc2cc(S(=O)(=O)O)c3cccc(S(=O)(=O)O)c3c2)c(NC(C)=O)cc1Nc1nc(Cl)nc(NCCN2CCN(c3nc(Cl)nc(N(C)c4ccc5c(O)c(N=Nc6ccc7c(S(=O)(=O)O)cccc7c6S(=O)(=O)O)c(S(=O)(=O)O)cc5c4)n3)CC2)n1. The topological polar surface area (TPSA) is 491 Å². The minimum absolute atomic E-state index is 0.0276. The fourth-order valence-electron chi connectivity index (χ4n) is 9.77. The summed E-state index contributed by atoms with van der Waals surface area (Å²) in [6.07, 6.45) is 0. The van der Waals surface area contributed by atoms with E-state index >= 15 is 0 Å². The molecular weight excluding hydrogens is 1370 g/mol. The number of azo groups is 2. The lowest BCUT2D eigenvalue weighted by Gasteiger charge is -2.34. The Morgan fingerprint density at radius 1 is 0.602 bits per heavy atom. The van der Waals surface area contributed by atoms with Crippen LogP contribution in [0.25, 0.3) is 32.3 Å². The van der Waals surface area contributed by atoms with E-state index in [9.17, 15) is 74.8 Å². The number of nitrogens with zero attached hydrogens (tertiary/aromatic N) is 13. The molecule has 3 heterocycles. The van der Waals surface area contributed by atoms with Crippen molar-refractivity contribution in [2.45, 2.75) is 31.4 Å². The highest BCUT2D eigenvalue weighted by Gasteiger charge is 2.29. The number of anilines is 7. The number of piperazine rings is 1. The molecule has 1 aliphatic rings. The highest BCUT2D eigenvalue weighted by atomic mass is 35.5. The number of benzene rings is 7. The summed E-state index contributed by atoms with van der Waals surface area (Å²) in [6.45, 7) is 3.90. The van der Waals surface area contributed by atoms with E-state index in [0.717, 1.165) is 54.6 Å². The third kappa shape index (κ3) is 14.9. The predicted molar refractivity (Wildman–Crippen MR) is 336 cm³/mol. The van der Waals surface area contributed by atoms with Gasteiger partial charge in [-0.05, 0) is 89.3 Å². The third-order valence-electron chi connectivity index (χ3n) is 13.9. The number of methoxy groups -OCH3 is 1. The monoisotopic (exact) mass is 1410 g/mol. The molecule has 0 bridgehead atoms. The van der Waals surface area contributed by atoms with E-state index in [-0.39, 0.29) is 89.8 Å². The van der Waals surface area contributed by atoms with Gasteiger partial charge >= 0.3 is 0 Å². The smallest absolute Gasteiger partial charge is 0.297 e. The van der Waals surface area contributed by atoms with E-state index in [1.54, 1.807) is 7.05 Å². The third-order valence-corrected chi connectivity index (χ3v) is 18.8. The van der Waals surface area contributed by atoms with Crippen molar-refractivity contribution in [2.75, 3.05) is 79.2 Å². The maximum Gasteiger partial charge on any atom is 0.297 e. The Labute approximate surface area is 536 Å². The summed E-state index contributed by atoms with van der Waals surface area (Å²) in [6, 6.07) is 18.6. The minimum Gasteiger partial charge on any atom is -0.505 e. The number of ether oxygens (including phenoxy) is 1. The van der Waals surface area contributed by atoms with Crippen molar-refractivity contribution in [3.05, 3.63) is 108 Å². The van der Waals surface area contributed by atoms with Crippen molar-refractivity contribution >= 4 is 176 Å². The average Bonchev–Trinajstić information content (AvgIpc) is 0.788. The standard InChI is InChI=1S/C52H46Cl2N16O18S5/c1-26(71)56-36-24-38(39(88-3)25-37(36)66-64-28-22-34-31(42(23-28)91(79,80)81)6-4-9-41(34)90(76,77)78)57-50-59-47(53)58-49(62-50)55-14-15-69-16-18-70(19-17-69)52-61-48(54)60-51(63-52)68(2)29-10-11-30-27(20-29)21-43(92(82,83)84)44(45(30)72)67-65-35-13-12-32-33(46(35)93(85,86)87)7-5-8-40(32)89(73,74)75/h4-13,20-25,72H,14-19H2,1-3H3,(H,56,71)(H,73,74,75)(H,76,77,78)(H,79,80,81)(H,82,83,84)(H,85,86,87)(H2,55,57,58,59,62). The van der Waals surface area contributed by atoms with Crippen molar-refractivity contribution in [3.8, 4) is 11.5 Å². The molecule has 0 radical (unpaired) electrons. The van der Waals surface area contributed by atoms with Gasteiger partial charge in [-0.1, -0.05) is 30.3 Å². The first-order chi connectivity index (χ1) is 43.6. The van der Waals surface area contributed by atoms with Gasteiger partial charge in [-0.3, -0.25) is 32.5 Å². The molecule has 1 saturated heterocycles. The molecule has 0 aliphatic carbocycles. The van der Waals surface area contributed by atoms with E-state index in [4.69, 9.17) is 27.9 Å². The maximum absolute atomic E-state index is 12.8. The Bertz CT molecular complexity index is 5250. The highest BCUT2D eigenvalue weighted by molar-refractivity contribution is 7.87. The number of rotatable bonds is 20. The first kappa shape index (κ1) is 66.8. The maximum atomic E-state index is 12.8. The Balaban J connectivity index is 0.805. The number of phenolic OH excluding ortho intramolecular Hbond substituents is 1. The Morgan fingerprint density at radius 3 is 1.86 bits per heavy atom. The van der Waals surface area contributed by atoms with Crippen molar-refractivity contribution in [3.63, 3.8) is 0 Å². The summed E-state index contributed by atoms with van der Waals surface area (Å²) >= 11 is 12.8. The minimum atomic E-state index is -5.23. The van der Waals surface area contributed by atoms with Crippen molar-refractivity contribution < 1.29 is 79.5 Å². The number of aromatic nitrogens is 6. The van der Waals surface area contributed by atoms with Gasteiger partial charge in [0.05, 0.1) is 24.2 Å². The number of hydrogen-bond donors (Lipinski definition) is 9. The van der Waals surface area contributed by atoms with Crippen molar-refractivity contribution in [1.29, 1.82) is 0 Å². The number of carbonyl (C=O) groups excluding carboxylic acids is 1. The predicted octanol–water partition coefficient (Wildman–Crippen LogP) is 8.31. The van der Waals surface area contributed by atoms with E-state index in [1.807, 2.05) is 4.90 Å². The largest absolute Gasteiger partial charge is 0.505 e. The number of carbonyl (C=O) groups is 1. The van der Waals surface area contributed by atoms with Crippen LogP contribution in [0.5, 0.6) is 11.5 Å². The van der Waals surface area contributed by atoms with Gasteiger partial charge in [-0.2, -0.15) is 77.1 Å². The summed E-state index contributed by atoms with van der Waals surface area (Å²) in [5.74, 6) is -1.01. The van der Waals surface area contributed by atoms with E-state index in [2.05, 4.69) is 71.2 Å². The summed E-state index contributed by atoms with van der Waals surface area (Å²) < 4.78 is 180. The van der Waals surface area contributed by atoms with E-state index in [1.165, 1.54) is 61.4 Å². The molecule has 0 atom stereocenters. The van der Waals surface area contributed by atoms with Crippen LogP contribution >= 0.6 is 23.2 Å². The fourth-order valence-corrected chi connectivity index (χ4v) is 13.7. The molecule has 0 unspecified atom stereocenters. The number of hydrogen-bond acceptors (Lipinski definition) is 28. The zero-order valence-electron chi connectivity index (χ0n) is 47.7. The molecule has 0 spiro atoms. The lowest BCUT2D eigenvalue weighted by atomic mass is 10.1. The molecule has 10 rings (SSSR count). The van der Waals surface area contributed by atoms with Crippen LogP contribution in [-0.2, 0) is 55.4 Å². The van der Waals surface area contributed by atoms with Gasteiger partial charge in [0.1, 0.15) is 47.3 Å². The van der Waals surface area contributed by atoms with Crippen molar-refractivity contribution in [2.24, 2.45) is 20.5 Å². The quantitative estimate of drug-likeness (QED) is 0.0256. The van der Waals surface area contributed by atoms with Crippen LogP contribution in [0.4, 0.5) is 63.6 Å². The summed E-state index contributed by atoms with van der Waals surface area (Å²) in [4.78, 5) is 39.9. The number of fused-ring (bicyclic) bond motifs is 3. The normalized spacial score (nSPS) is 13.8. The lowest BCUT2D eigenvalue weighted by molar-refractivity contribution is -0.114. The Hall–Kier alpha value is -9.10. The van der Waals surface area contributed by atoms with Gasteiger partial charge in [-0.25, -0.2) is 0 Å². The van der Waals surface area contributed by atoms with Gasteiger partial charge in [-0.15, -0.1) is 15.3 Å². The molecule has 34 nitrogen and oxygen atoms in total. The number of aromatic hydroxyl groups is 1. The second-order valence-corrected chi connectivity index (χ2v) is 27.6. The molecule has 1 fully saturated rings. The summed E-state index contributed by atoms with van der Waals surface area (Å²) in [7, 11) is -22.3. The molecular formula is C52H46Cl2N16O18S5. The Morgan fingerprint density at radius 2 is 1.22 bits per heavy atom. The fraction of sp³-hybridized carbons (Fsp3) is 0.173. The second kappa shape index (κ2) is 25.8. The van der Waals surface area contributed by atoms with Crippen LogP contribution in [0.15, 0.2) is 142 Å². The lowest BCUT2D eigenvalue weighted by Crippen LogP contribution is -2.48. The molecule has 2 aromatic heterocycles. The zero-order chi connectivity index (χ0) is 67.3. The first-order valence-corrected chi connectivity index (χ1v) is 34.3. The van der Waals surface area contributed by atoms with Crippen LogP contribution in [-0.4, -0.2) is 164 Å². The van der Waals surface area contributed by atoms with Crippen LogP contribution in [0.3, 0.4) is 0 Å². The van der Waals surface area contributed by atoms with Crippen LogP contribution < -0.4 is 30.5 Å². The van der Waals surface area contributed by atoms with Gasteiger partial charge in [0.25, 0.3) is 50.6 Å². The highest BCUT2D eigenvalue weighted by Crippen LogP contribution is 2.45. The number of phenols is 1. The molecule has 1 amide bonds. The Kier molecular flexibility index (Phi) is 18.5. The molecule has 1 aliphatic heterocycles. The van der Waals surface area contributed by atoms with E-state index < -0.39 is 103 Å². The van der Waals surface area contributed by atoms with Crippen LogP contribution in [0.1, 0.15) is 6.92 Å². The number of amides is 1. The average molecular weight is 1410 g/mol. The van der Waals surface area contributed by atoms with Gasteiger partial charge in [0.15, 0.2) is 5.75 Å². The van der Waals surface area contributed by atoms with Gasteiger partial charge < -0.3 is 35.6 Å². The zero-order valence-corrected chi connectivity index (χ0v) is 53.3. The van der Waals surface area contributed by atoms with Gasteiger partial charge in [0.2, 0.25) is 40.3 Å². The molecule has 0 saturated carbocycles. The summed E-state index contributed by atoms with van der Waals surface area (Å²) in [5.41, 5.74) is -1.26. The first-order valence-electron chi connectivity index (χ1n) is 26.3. The number of halogens is 2. The van der Waals surface area contributed by atoms with Crippen molar-refractivity contribution in [1.82, 2.24) is 34.8 Å². The molecule has 41 heteroatoms. The van der Waals surface area contributed by atoms with Crippen LogP contribution in [0.2, 0.25) is 10.6 Å². The van der Waals surface area contributed by atoms with E-state index in [0.29, 0.717) is 45.0 Å². The second-order valence-electron chi connectivity index (χ2n) is 20.0. The molecule has 9 aromatic rings. The summed E-state index contributed by atoms with van der Waals surface area (Å²) in [5, 5.41) is 34.3. The van der Waals surface area contributed by atoms with Crippen LogP contribution in [0, 0.1) is 0 Å². The molecule has 7 aromatic carbocycles. The molecule has 9 N–H and O–H groups in total. The van der Waals surface area contributed by atoms with Gasteiger partial charge in [0, 0.05) is 91.9 Å². The molecule has 486 valence electrons.